The normalized spacial score (nSPS) is 10.3. The van der Waals surface area contributed by atoms with Crippen molar-refractivity contribution >= 4 is 5.91 Å². The molecular formula is C15H17N3O. The van der Waals surface area contributed by atoms with E-state index in [1.807, 2.05) is 44.2 Å². The fourth-order valence-electron chi connectivity index (χ4n) is 1.79. The van der Waals surface area contributed by atoms with Gasteiger partial charge in [-0.1, -0.05) is 30.3 Å². The molecule has 19 heavy (non-hydrogen) atoms. The van der Waals surface area contributed by atoms with Crippen molar-refractivity contribution < 1.29 is 4.79 Å². The van der Waals surface area contributed by atoms with Crippen molar-refractivity contribution in [2.45, 2.75) is 27.3 Å². The van der Waals surface area contributed by atoms with Crippen LogP contribution in [-0.2, 0) is 6.54 Å². The van der Waals surface area contributed by atoms with Gasteiger partial charge in [0.25, 0.3) is 5.91 Å². The van der Waals surface area contributed by atoms with Gasteiger partial charge in [-0.25, -0.2) is 4.98 Å². The number of nitrogens with zero attached hydrogens (tertiary/aromatic N) is 2. The molecule has 2 aromatic rings. The van der Waals surface area contributed by atoms with E-state index in [-0.39, 0.29) is 5.91 Å². The Morgan fingerprint density at radius 2 is 1.63 bits per heavy atom. The molecule has 2 rings (SSSR count). The molecule has 1 heterocycles. The average molecular weight is 255 g/mol. The van der Waals surface area contributed by atoms with Crippen molar-refractivity contribution in [1.29, 1.82) is 0 Å². The van der Waals surface area contributed by atoms with E-state index in [9.17, 15) is 4.79 Å². The van der Waals surface area contributed by atoms with Crippen molar-refractivity contribution in [3.63, 3.8) is 0 Å². The zero-order valence-electron chi connectivity index (χ0n) is 11.4. The number of benzene rings is 1. The summed E-state index contributed by atoms with van der Waals surface area (Å²) in [6.07, 6.45) is 0. The van der Waals surface area contributed by atoms with E-state index in [0.29, 0.717) is 17.9 Å². The minimum atomic E-state index is -0.183. The molecule has 1 aromatic carbocycles. The maximum Gasteiger partial charge on any atom is 0.272 e. The number of hydrogen-bond donors (Lipinski definition) is 1. The summed E-state index contributed by atoms with van der Waals surface area (Å²) in [6, 6.07) is 9.79. The molecule has 0 spiro atoms. The third kappa shape index (κ3) is 3.16. The van der Waals surface area contributed by atoms with Gasteiger partial charge in [0.15, 0.2) is 0 Å². The van der Waals surface area contributed by atoms with Crippen molar-refractivity contribution in [3.8, 4) is 0 Å². The molecule has 1 N–H and O–H groups in total. The van der Waals surface area contributed by atoms with Crippen LogP contribution in [0.15, 0.2) is 30.3 Å². The highest BCUT2D eigenvalue weighted by molar-refractivity contribution is 5.93. The number of amides is 1. The van der Waals surface area contributed by atoms with Crippen LogP contribution in [0.25, 0.3) is 0 Å². The summed E-state index contributed by atoms with van der Waals surface area (Å²) < 4.78 is 0. The number of aromatic nitrogens is 2. The molecule has 0 fully saturated rings. The van der Waals surface area contributed by atoms with Gasteiger partial charge in [-0.2, -0.15) is 0 Å². The Bertz CT molecular complexity index is 594. The monoisotopic (exact) mass is 255 g/mol. The second-order valence-electron chi connectivity index (χ2n) is 4.50. The summed E-state index contributed by atoms with van der Waals surface area (Å²) in [5.41, 5.74) is 3.77. The number of aryl methyl sites for hydroxylation is 3. The van der Waals surface area contributed by atoms with Gasteiger partial charge in [0.1, 0.15) is 5.69 Å². The second-order valence-corrected chi connectivity index (χ2v) is 4.50. The van der Waals surface area contributed by atoms with Crippen LogP contribution in [0.4, 0.5) is 0 Å². The molecule has 0 aliphatic rings. The summed E-state index contributed by atoms with van der Waals surface area (Å²) in [6.45, 7) is 6.04. The highest BCUT2D eigenvalue weighted by Crippen LogP contribution is 2.07. The van der Waals surface area contributed by atoms with Crippen LogP contribution in [0.1, 0.15) is 33.1 Å². The van der Waals surface area contributed by atoms with Gasteiger partial charge in [-0.15, -0.1) is 0 Å². The lowest BCUT2D eigenvalue weighted by molar-refractivity contribution is 0.0944. The molecule has 0 bridgehead atoms. The van der Waals surface area contributed by atoms with Crippen LogP contribution in [0.5, 0.6) is 0 Å². The van der Waals surface area contributed by atoms with Crippen molar-refractivity contribution in [2.75, 3.05) is 0 Å². The summed E-state index contributed by atoms with van der Waals surface area (Å²) >= 11 is 0. The lowest BCUT2D eigenvalue weighted by Crippen LogP contribution is -2.25. The standard InChI is InChI=1S/C15H17N3O/c1-10-11(2)18-14(12(3)17-10)15(19)16-9-13-7-5-4-6-8-13/h4-8H,9H2,1-3H3,(H,16,19). The van der Waals surface area contributed by atoms with Crippen LogP contribution in [0.3, 0.4) is 0 Å². The number of carbonyl (C=O) groups excluding carboxylic acids is 1. The predicted molar refractivity (Wildman–Crippen MR) is 73.9 cm³/mol. The number of nitrogens with one attached hydrogen (secondary N) is 1. The maximum atomic E-state index is 12.1. The van der Waals surface area contributed by atoms with Crippen molar-refractivity contribution in [3.05, 3.63) is 58.7 Å². The zero-order valence-corrected chi connectivity index (χ0v) is 11.4. The Balaban J connectivity index is 2.10. The first-order chi connectivity index (χ1) is 9.08. The van der Waals surface area contributed by atoms with Gasteiger partial charge in [0, 0.05) is 6.54 Å². The third-order valence-electron chi connectivity index (χ3n) is 2.99. The average Bonchev–Trinajstić information content (AvgIpc) is 2.41. The maximum absolute atomic E-state index is 12.1. The summed E-state index contributed by atoms with van der Waals surface area (Å²) in [5.74, 6) is -0.183. The molecule has 98 valence electrons. The van der Waals surface area contributed by atoms with Crippen LogP contribution < -0.4 is 5.32 Å². The Hall–Kier alpha value is -2.23. The summed E-state index contributed by atoms with van der Waals surface area (Å²) in [4.78, 5) is 20.7. The van der Waals surface area contributed by atoms with Crippen molar-refractivity contribution in [1.82, 2.24) is 15.3 Å². The van der Waals surface area contributed by atoms with E-state index in [2.05, 4.69) is 15.3 Å². The Kier molecular flexibility index (Phi) is 3.90. The molecular weight excluding hydrogens is 238 g/mol. The Morgan fingerprint density at radius 1 is 1.00 bits per heavy atom. The van der Waals surface area contributed by atoms with Crippen molar-refractivity contribution in [2.24, 2.45) is 0 Å². The summed E-state index contributed by atoms with van der Waals surface area (Å²) in [5, 5.41) is 2.86. The predicted octanol–water partition coefficient (Wildman–Crippen LogP) is 2.33. The summed E-state index contributed by atoms with van der Waals surface area (Å²) in [7, 11) is 0. The van der Waals surface area contributed by atoms with Crippen LogP contribution in [-0.4, -0.2) is 15.9 Å². The van der Waals surface area contributed by atoms with Crippen LogP contribution in [0.2, 0.25) is 0 Å². The smallest absolute Gasteiger partial charge is 0.272 e. The van der Waals surface area contributed by atoms with Gasteiger partial charge in [-0.05, 0) is 26.3 Å². The zero-order chi connectivity index (χ0) is 13.8. The van der Waals surface area contributed by atoms with E-state index >= 15 is 0 Å². The highest BCUT2D eigenvalue weighted by Gasteiger charge is 2.13. The molecule has 0 radical (unpaired) electrons. The largest absolute Gasteiger partial charge is 0.347 e. The topological polar surface area (TPSA) is 54.9 Å². The molecule has 0 saturated heterocycles. The number of carbonyl (C=O) groups is 1. The number of rotatable bonds is 3. The highest BCUT2D eigenvalue weighted by atomic mass is 16.1. The SMILES string of the molecule is Cc1nc(C)c(C(=O)NCc2ccccc2)nc1C. The van der Waals surface area contributed by atoms with E-state index in [4.69, 9.17) is 0 Å². The number of hydrogen-bond acceptors (Lipinski definition) is 3. The minimum absolute atomic E-state index is 0.183. The lowest BCUT2D eigenvalue weighted by atomic mass is 10.2. The van der Waals surface area contributed by atoms with Gasteiger partial charge < -0.3 is 5.32 Å². The fourth-order valence-corrected chi connectivity index (χ4v) is 1.79. The van der Waals surface area contributed by atoms with E-state index < -0.39 is 0 Å². The second kappa shape index (κ2) is 5.61. The Morgan fingerprint density at radius 3 is 2.32 bits per heavy atom. The molecule has 0 atom stereocenters. The van der Waals surface area contributed by atoms with E-state index in [0.717, 1.165) is 17.0 Å². The Labute approximate surface area is 112 Å². The van der Waals surface area contributed by atoms with E-state index in [1.165, 1.54) is 0 Å². The molecule has 1 amide bonds. The van der Waals surface area contributed by atoms with Gasteiger partial charge in [0.2, 0.25) is 0 Å². The first kappa shape index (κ1) is 13.2. The molecule has 4 nitrogen and oxygen atoms in total. The molecule has 0 aliphatic heterocycles. The fraction of sp³-hybridized carbons (Fsp3) is 0.267. The molecule has 0 aliphatic carbocycles. The van der Waals surface area contributed by atoms with Gasteiger partial charge in [-0.3, -0.25) is 9.78 Å². The van der Waals surface area contributed by atoms with Gasteiger partial charge in [0.05, 0.1) is 17.1 Å². The van der Waals surface area contributed by atoms with Crippen LogP contribution >= 0.6 is 0 Å². The molecule has 0 saturated carbocycles. The first-order valence-electron chi connectivity index (χ1n) is 6.22. The lowest BCUT2D eigenvalue weighted by Gasteiger charge is -2.08. The first-order valence-corrected chi connectivity index (χ1v) is 6.22. The van der Waals surface area contributed by atoms with Gasteiger partial charge >= 0.3 is 0 Å². The minimum Gasteiger partial charge on any atom is -0.347 e. The molecule has 4 heteroatoms. The molecule has 0 unspecified atom stereocenters. The quantitative estimate of drug-likeness (QED) is 0.915. The van der Waals surface area contributed by atoms with Crippen LogP contribution in [0, 0.1) is 20.8 Å². The molecule has 1 aromatic heterocycles. The van der Waals surface area contributed by atoms with E-state index in [1.54, 1.807) is 6.92 Å². The third-order valence-corrected chi connectivity index (χ3v) is 2.99.